The molecule has 1 atom stereocenters. The molecule has 26 heavy (non-hydrogen) atoms. The molecule has 2 aromatic heterocycles. The van der Waals surface area contributed by atoms with Crippen LogP contribution < -0.4 is 5.32 Å². The van der Waals surface area contributed by atoms with Crippen molar-refractivity contribution >= 4 is 22.5 Å². The molecule has 0 saturated heterocycles. The summed E-state index contributed by atoms with van der Waals surface area (Å²) >= 11 is 0. The van der Waals surface area contributed by atoms with Gasteiger partial charge in [-0.25, -0.2) is 4.98 Å². The third-order valence-corrected chi connectivity index (χ3v) is 4.91. The van der Waals surface area contributed by atoms with Crippen molar-refractivity contribution in [1.29, 1.82) is 0 Å². The highest BCUT2D eigenvalue weighted by Crippen LogP contribution is 2.36. The number of allylic oxidation sites excluding steroid dienone is 1. The number of carbonyl (C=O) groups excluding carboxylic acids is 1. The van der Waals surface area contributed by atoms with Crippen LogP contribution in [0.1, 0.15) is 24.8 Å². The summed E-state index contributed by atoms with van der Waals surface area (Å²) in [6.07, 6.45) is 10.2. The molecule has 0 fully saturated rings. The van der Waals surface area contributed by atoms with Crippen LogP contribution in [-0.2, 0) is 4.79 Å². The second kappa shape index (κ2) is 7.00. The molecule has 0 saturated carbocycles. The molecule has 1 unspecified atom stereocenters. The number of fused-ring (bicyclic) bond motifs is 1. The molecule has 0 bridgehead atoms. The lowest BCUT2D eigenvalue weighted by Gasteiger charge is -2.24. The summed E-state index contributed by atoms with van der Waals surface area (Å²) in [4.78, 5) is 19.5. The molecule has 0 radical (unpaired) electrons. The zero-order chi connectivity index (χ0) is 17.9. The Hall–Kier alpha value is -3.14. The molecule has 4 heteroatoms. The topological polar surface area (TPSA) is 57.8 Å². The van der Waals surface area contributed by atoms with Gasteiger partial charge in [-0.15, -0.1) is 0 Å². The Bertz CT molecular complexity index is 985. The number of aromatic amines is 1. The second-order valence-electron chi connectivity index (χ2n) is 6.57. The maximum absolute atomic E-state index is 11.7. The van der Waals surface area contributed by atoms with Crippen LogP contribution in [-0.4, -0.2) is 21.9 Å². The maximum atomic E-state index is 11.7. The Morgan fingerprint density at radius 1 is 1.23 bits per heavy atom. The van der Waals surface area contributed by atoms with Crippen LogP contribution in [0.3, 0.4) is 0 Å². The number of aromatic nitrogens is 2. The summed E-state index contributed by atoms with van der Waals surface area (Å²) in [6, 6.07) is 12.6. The Balaban J connectivity index is 1.75. The molecule has 2 heterocycles. The van der Waals surface area contributed by atoms with Crippen LogP contribution in [0.25, 0.3) is 27.7 Å². The van der Waals surface area contributed by atoms with E-state index in [9.17, 15) is 4.79 Å². The Morgan fingerprint density at radius 2 is 2.08 bits per heavy atom. The van der Waals surface area contributed by atoms with E-state index < -0.39 is 0 Å². The number of carbonyl (C=O) groups is 1. The summed E-state index contributed by atoms with van der Waals surface area (Å²) in [5, 5.41) is 4.17. The van der Waals surface area contributed by atoms with Crippen molar-refractivity contribution in [2.45, 2.75) is 25.3 Å². The van der Waals surface area contributed by atoms with Gasteiger partial charge in [-0.3, -0.25) is 4.79 Å². The van der Waals surface area contributed by atoms with Gasteiger partial charge in [-0.2, -0.15) is 0 Å². The van der Waals surface area contributed by atoms with Crippen LogP contribution in [0.4, 0.5) is 0 Å². The van der Waals surface area contributed by atoms with Crippen molar-refractivity contribution in [3.05, 3.63) is 73.1 Å². The lowest BCUT2D eigenvalue weighted by Crippen LogP contribution is -2.34. The van der Waals surface area contributed by atoms with Crippen LogP contribution in [0.2, 0.25) is 0 Å². The summed E-state index contributed by atoms with van der Waals surface area (Å²) in [6.45, 7) is 3.54. The molecule has 1 aromatic carbocycles. The quantitative estimate of drug-likeness (QED) is 0.687. The Kier molecular flexibility index (Phi) is 4.40. The van der Waals surface area contributed by atoms with Crippen molar-refractivity contribution < 1.29 is 4.79 Å². The predicted octanol–water partition coefficient (Wildman–Crippen LogP) is 4.47. The van der Waals surface area contributed by atoms with Gasteiger partial charge < -0.3 is 10.3 Å². The Labute approximate surface area is 152 Å². The number of rotatable bonds is 4. The summed E-state index contributed by atoms with van der Waals surface area (Å²) in [5.74, 6) is -0.109. The van der Waals surface area contributed by atoms with Gasteiger partial charge in [0.1, 0.15) is 5.65 Å². The van der Waals surface area contributed by atoms with E-state index in [4.69, 9.17) is 0 Å². The highest BCUT2D eigenvalue weighted by Gasteiger charge is 2.21. The molecule has 2 N–H and O–H groups in total. The van der Waals surface area contributed by atoms with Gasteiger partial charge in [0.2, 0.25) is 5.91 Å². The van der Waals surface area contributed by atoms with Gasteiger partial charge in [-0.1, -0.05) is 43.0 Å². The zero-order valence-corrected chi connectivity index (χ0v) is 14.5. The summed E-state index contributed by atoms with van der Waals surface area (Å²) in [7, 11) is 0. The third kappa shape index (κ3) is 3.06. The van der Waals surface area contributed by atoms with E-state index in [0.29, 0.717) is 0 Å². The van der Waals surface area contributed by atoms with Crippen LogP contribution >= 0.6 is 0 Å². The number of nitrogens with one attached hydrogen (secondary N) is 2. The van der Waals surface area contributed by atoms with Crippen molar-refractivity contribution in [3.8, 4) is 11.1 Å². The number of pyridine rings is 1. The van der Waals surface area contributed by atoms with Gasteiger partial charge in [-0.05, 0) is 48.1 Å². The molecule has 130 valence electrons. The highest BCUT2D eigenvalue weighted by molar-refractivity contribution is 6.01. The number of amides is 1. The van der Waals surface area contributed by atoms with Crippen LogP contribution in [0, 0.1) is 0 Å². The molecule has 1 aliphatic carbocycles. The van der Waals surface area contributed by atoms with Crippen LogP contribution in [0.5, 0.6) is 0 Å². The first-order valence-corrected chi connectivity index (χ1v) is 8.90. The van der Waals surface area contributed by atoms with Crippen molar-refractivity contribution in [3.63, 3.8) is 0 Å². The van der Waals surface area contributed by atoms with Gasteiger partial charge in [0.15, 0.2) is 0 Å². The van der Waals surface area contributed by atoms with E-state index in [2.05, 4.69) is 46.1 Å². The van der Waals surface area contributed by atoms with E-state index in [-0.39, 0.29) is 11.9 Å². The van der Waals surface area contributed by atoms with E-state index in [0.717, 1.165) is 35.9 Å². The highest BCUT2D eigenvalue weighted by atomic mass is 16.1. The van der Waals surface area contributed by atoms with E-state index in [1.54, 1.807) is 0 Å². The lowest BCUT2D eigenvalue weighted by atomic mass is 9.88. The van der Waals surface area contributed by atoms with E-state index >= 15 is 0 Å². The molecule has 4 nitrogen and oxygen atoms in total. The van der Waals surface area contributed by atoms with Gasteiger partial charge in [0, 0.05) is 29.4 Å². The standard InChI is InChI=1S/C22H21N3O/c1-2-20(26)25-17-10-6-9-16(13-17)18-11-12-23-22-21(18)19(14-24-22)15-7-4-3-5-8-15/h2-5,7-9,11-12,14,17H,1,6,10,13H2,(H,23,24)(H,25,26). The summed E-state index contributed by atoms with van der Waals surface area (Å²) < 4.78 is 0. The molecule has 3 aromatic rings. The largest absolute Gasteiger partial charge is 0.349 e. The Morgan fingerprint density at radius 3 is 2.88 bits per heavy atom. The van der Waals surface area contributed by atoms with Crippen molar-refractivity contribution in [1.82, 2.24) is 15.3 Å². The molecular formula is C22H21N3O. The number of benzene rings is 1. The summed E-state index contributed by atoms with van der Waals surface area (Å²) in [5.41, 5.74) is 5.66. The molecular weight excluding hydrogens is 322 g/mol. The minimum Gasteiger partial charge on any atom is -0.349 e. The normalized spacial score (nSPS) is 16.9. The SMILES string of the molecule is C=CC(=O)NC1CCC=C(c2ccnc3[nH]cc(-c4ccccc4)c23)C1. The molecule has 1 aliphatic rings. The first kappa shape index (κ1) is 16.3. The fourth-order valence-corrected chi connectivity index (χ4v) is 3.68. The molecule has 4 rings (SSSR count). The monoisotopic (exact) mass is 343 g/mol. The average Bonchev–Trinajstić information content (AvgIpc) is 3.13. The van der Waals surface area contributed by atoms with E-state index in [1.807, 2.05) is 30.6 Å². The first-order valence-electron chi connectivity index (χ1n) is 8.90. The van der Waals surface area contributed by atoms with Crippen molar-refractivity contribution in [2.75, 3.05) is 0 Å². The predicted molar refractivity (Wildman–Crippen MR) is 105 cm³/mol. The van der Waals surface area contributed by atoms with E-state index in [1.165, 1.54) is 22.8 Å². The van der Waals surface area contributed by atoms with Gasteiger partial charge >= 0.3 is 0 Å². The number of hydrogen-bond acceptors (Lipinski definition) is 2. The molecule has 1 amide bonds. The zero-order valence-electron chi connectivity index (χ0n) is 14.5. The van der Waals surface area contributed by atoms with Gasteiger partial charge in [0.25, 0.3) is 0 Å². The lowest BCUT2D eigenvalue weighted by molar-refractivity contribution is -0.117. The molecule has 0 spiro atoms. The average molecular weight is 343 g/mol. The third-order valence-electron chi connectivity index (χ3n) is 4.91. The first-order chi connectivity index (χ1) is 12.8. The fraction of sp³-hybridized carbons (Fsp3) is 0.182. The maximum Gasteiger partial charge on any atom is 0.243 e. The number of H-pyrrole nitrogens is 1. The smallest absolute Gasteiger partial charge is 0.243 e. The minimum atomic E-state index is -0.109. The molecule has 0 aliphatic heterocycles. The van der Waals surface area contributed by atoms with Crippen molar-refractivity contribution in [2.24, 2.45) is 0 Å². The van der Waals surface area contributed by atoms with Crippen LogP contribution in [0.15, 0.2) is 67.5 Å². The fourth-order valence-electron chi connectivity index (χ4n) is 3.68. The van der Waals surface area contributed by atoms with Gasteiger partial charge in [0.05, 0.1) is 0 Å². The number of hydrogen-bond donors (Lipinski definition) is 2. The minimum absolute atomic E-state index is 0.109. The second-order valence-corrected chi connectivity index (χ2v) is 6.57. The number of nitrogens with zero attached hydrogens (tertiary/aromatic N) is 1.